The number of benzene rings is 1. The van der Waals surface area contributed by atoms with E-state index in [2.05, 4.69) is 5.10 Å². The van der Waals surface area contributed by atoms with Crippen LogP contribution in [0.15, 0.2) is 18.2 Å². The molecule has 0 aliphatic heterocycles. The van der Waals surface area contributed by atoms with Crippen LogP contribution in [0, 0.1) is 6.92 Å². The molecule has 0 aliphatic rings. The summed E-state index contributed by atoms with van der Waals surface area (Å²) < 4.78 is 7.36. The fourth-order valence-electron chi connectivity index (χ4n) is 1.97. The largest absolute Gasteiger partial charge is 0.488 e. The highest BCUT2D eigenvalue weighted by Crippen LogP contribution is 2.30. The molecule has 0 aliphatic carbocycles. The number of nitrogens with zero attached hydrogens (tertiary/aromatic N) is 2. The van der Waals surface area contributed by atoms with Crippen LogP contribution in [0.2, 0.25) is 10.2 Å². The van der Waals surface area contributed by atoms with Crippen molar-refractivity contribution in [2.45, 2.75) is 26.6 Å². The van der Waals surface area contributed by atoms with E-state index in [0.29, 0.717) is 28.1 Å². The number of hydrogen-bond acceptors (Lipinski definition) is 3. The summed E-state index contributed by atoms with van der Waals surface area (Å²) >= 11 is 12.1. The van der Waals surface area contributed by atoms with E-state index in [0.717, 1.165) is 11.3 Å². The van der Waals surface area contributed by atoms with E-state index < -0.39 is 6.10 Å². The van der Waals surface area contributed by atoms with Gasteiger partial charge in [0.05, 0.1) is 11.8 Å². The van der Waals surface area contributed by atoms with Crippen LogP contribution in [-0.2, 0) is 13.7 Å². The molecule has 108 valence electrons. The Morgan fingerprint density at radius 3 is 2.65 bits per heavy atom. The zero-order valence-electron chi connectivity index (χ0n) is 11.5. The number of aromatic nitrogens is 2. The molecule has 0 unspecified atom stereocenters. The molecule has 0 saturated carbocycles. The number of ether oxygens (including phenoxy) is 1. The van der Waals surface area contributed by atoms with Gasteiger partial charge in [0.2, 0.25) is 0 Å². The van der Waals surface area contributed by atoms with Crippen molar-refractivity contribution < 1.29 is 9.84 Å². The molecule has 0 spiro atoms. The Hall–Kier alpha value is -1.23. The van der Waals surface area contributed by atoms with Crippen molar-refractivity contribution in [3.05, 3.63) is 45.2 Å². The van der Waals surface area contributed by atoms with Gasteiger partial charge < -0.3 is 9.84 Å². The first-order chi connectivity index (χ1) is 9.40. The smallest absolute Gasteiger partial charge is 0.133 e. The van der Waals surface area contributed by atoms with Crippen LogP contribution in [0.25, 0.3) is 0 Å². The number of hydrogen-bond donors (Lipinski definition) is 1. The van der Waals surface area contributed by atoms with Crippen LogP contribution >= 0.6 is 23.2 Å². The number of halogens is 2. The van der Waals surface area contributed by atoms with Gasteiger partial charge in [0.1, 0.15) is 17.5 Å². The molecule has 0 bridgehead atoms. The lowest BCUT2D eigenvalue weighted by Gasteiger charge is -2.13. The summed E-state index contributed by atoms with van der Waals surface area (Å²) in [6.07, 6.45) is -0.658. The van der Waals surface area contributed by atoms with Crippen LogP contribution in [0.5, 0.6) is 5.75 Å². The van der Waals surface area contributed by atoms with Crippen molar-refractivity contribution in [1.29, 1.82) is 0 Å². The van der Waals surface area contributed by atoms with Gasteiger partial charge in [-0.2, -0.15) is 5.10 Å². The zero-order valence-corrected chi connectivity index (χ0v) is 13.0. The maximum Gasteiger partial charge on any atom is 0.133 e. The Balaban J connectivity index is 2.23. The molecule has 2 aromatic rings. The summed E-state index contributed by atoms with van der Waals surface area (Å²) in [5, 5.41) is 15.1. The van der Waals surface area contributed by atoms with Crippen molar-refractivity contribution >= 4 is 23.2 Å². The van der Waals surface area contributed by atoms with Crippen LogP contribution in [0.4, 0.5) is 0 Å². The Kier molecular flexibility index (Phi) is 4.58. The topological polar surface area (TPSA) is 47.3 Å². The Bertz CT molecular complexity index is 624. The molecule has 1 aromatic heterocycles. The number of aryl methyl sites for hydroxylation is 2. The predicted molar refractivity (Wildman–Crippen MR) is 79.4 cm³/mol. The van der Waals surface area contributed by atoms with Gasteiger partial charge in [-0.05, 0) is 32.0 Å². The molecule has 1 atom stereocenters. The molecule has 0 saturated heterocycles. The summed E-state index contributed by atoms with van der Waals surface area (Å²) in [5.74, 6) is 0.587. The Morgan fingerprint density at radius 2 is 2.10 bits per heavy atom. The average molecular weight is 315 g/mol. The molecule has 1 heterocycles. The second-order valence-corrected chi connectivity index (χ2v) is 5.42. The van der Waals surface area contributed by atoms with Crippen LogP contribution < -0.4 is 4.74 Å². The highest BCUT2D eigenvalue weighted by atomic mass is 35.5. The summed E-state index contributed by atoms with van der Waals surface area (Å²) in [5.41, 5.74) is 2.31. The molecule has 6 heteroatoms. The molecule has 4 nitrogen and oxygen atoms in total. The number of aliphatic hydroxyl groups excluding tert-OH is 1. The van der Waals surface area contributed by atoms with Gasteiger partial charge >= 0.3 is 0 Å². The van der Waals surface area contributed by atoms with E-state index in [-0.39, 0.29) is 0 Å². The van der Waals surface area contributed by atoms with E-state index in [9.17, 15) is 5.11 Å². The van der Waals surface area contributed by atoms with Crippen LogP contribution in [-0.4, -0.2) is 14.9 Å². The van der Waals surface area contributed by atoms with Gasteiger partial charge in [0.25, 0.3) is 0 Å². The van der Waals surface area contributed by atoms with Crippen molar-refractivity contribution in [2.24, 2.45) is 7.05 Å². The monoisotopic (exact) mass is 314 g/mol. The molecule has 0 radical (unpaired) electrons. The van der Waals surface area contributed by atoms with Gasteiger partial charge in [-0.25, -0.2) is 0 Å². The summed E-state index contributed by atoms with van der Waals surface area (Å²) in [4.78, 5) is 0. The minimum absolute atomic E-state index is 0.292. The molecule has 2 rings (SSSR count). The van der Waals surface area contributed by atoms with Crippen molar-refractivity contribution in [3.63, 3.8) is 0 Å². The lowest BCUT2D eigenvalue weighted by molar-refractivity contribution is 0.190. The zero-order chi connectivity index (χ0) is 14.9. The average Bonchev–Trinajstić information content (AvgIpc) is 2.62. The lowest BCUT2D eigenvalue weighted by atomic mass is 10.1. The second-order valence-electron chi connectivity index (χ2n) is 4.63. The van der Waals surface area contributed by atoms with Gasteiger partial charge in [-0.3, -0.25) is 4.68 Å². The highest BCUT2D eigenvalue weighted by Gasteiger charge is 2.14. The molecule has 1 N–H and O–H groups in total. The van der Waals surface area contributed by atoms with Crippen molar-refractivity contribution in [1.82, 2.24) is 9.78 Å². The van der Waals surface area contributed by atoms with E-state index in [4.69, 9.17) is 27.9 Å². The first kappa shape index (κ1) is 15.2. The minimum atomic E-state index is -0.658. The van der Waals surface area contributed by atoms with E-state index in [1.807, 2.05) is 6.92 Å². The van der Waals surface area contributed by atoms with Gasteiger partial charge in [-0.15, -0.1) is 0 Å². The molecule has 1 aromatic carbocycles. The van der Waals surface area contributed by atoms with Gasteiger partial charge in [0.15, 0.2) is 0 Å². The van der Waals surface area contributed by atoms with Crippen molar-refractivity contribution in [2.75, 3.05) is 0 Å². The van der Waals surface area contributed by atoms with Crippen molar-refractivity contribution in [3.8, 4) is 5.75 Å². The van der Waals surface area contributed by atoms with Gasteiger partial charge in [0, 0.05) is 23.2 Å². The third kappa shape index (κ3) is 3.08. The normalized spacial score (nSPS) is 12.5. The third-order valence-corrected chi connectivity index (χ3v) is 3.77. The fraction of sp³-hybridized carbons (Fsp3) is 0.357. The van der Waals surface area contributed by atoms with Crippen LogP contribution in [0.1, 0.15) is 29.8 Å². The standard InChI is InChI=1S/C14H16Cl2N2O2/c1-8-12(14(16)18(3)17-8)7-20-13-5-4-10(15)6-11(13)9(2)19/h4-6,9,19H,7H2,1-3H3/t9-/m1/s1. The summed E-state index contributed by atoms with van der Waals surface area (Å²) in [6.45, 7) is 3.84. The van der Waals surface area contributed by atoms with E-state index >= 15 is 0 Å². The molecule has 0 amide bonds. The minimum Gasteiger partial charge on any atom is -0.488 e. The fourth-order valence-corrected chi connectivity index (χ4v) is 2.37. The molecular weight excluding hydrogens is 299 g/mol. The summed E-state index contributed by atoms with van der Waals surface area (Å²) in [6, 6.07) is 5.16. The quantitative estimate of drug-likeness (QED) is 0.936. The molecule has 20 heavy (non-hydrogen) atoms. The second kappa shape index (κ2) is 6.04. The third-order valence-electron chi connectivity index (χ3n) is 3.06. The lowest BCUT2D eigenvalue weighted by Crippen LogP contribution is -2.02. The maximum absolute atomic E-state index is 9.76. The van der Waals surface area contributed by atoms with Crippen LogP contribution in [0.3, 0.4) is 0 Å². The molecular formula is C14H16Cl2N2O2. The first-order valence-corrected chi connectivity index (χ1v) is 6.94. The van der Waals surface area contributed by atoms with E-state index in [1.54, 1.807) is 36.9 Å². The van der Waals surface area contributed by atoms with E-state index in [1.165, 1.54) is 0 Å². The molecule has 0 fully saturated rings. The summed E-state index contributed by atoms with van der Waals surface area (Å²) in [7, 11) is 1.78. The first-order valence-electron chi connectivity index (χ1n) is 6.18. The van der Waals surface area contributed by atoms with Gasteiger partial charge in [-0.1, -0.05) is 23.2 Å². The number of aliphatic hydroxyl groups is 1. The maximum atomic E-state index is 9.76. The Labute approximate surface area is 127 Å². The highest BCUT2D eigenvalue weighted by molar-refractivity contribution is 6.30. The Morgan fingerprint density at radius 1 is 1.40 bits per heavy atom. The predicted octanol–water partition coefficient (Wildman–Crippen LogP) is 3.67. The SMILES string of the molecule is Cc1nn(C)c(Cl)c1COc1ccc(Cl)cc1[C@@H](C)O. The number of rotatable bonds is 4.